The van der Waals surface area contributed by atoms with Crippen molar-refractivity contribution in [3.8, 4) is 5.75 Å². The zero-order chi connectivity index (χ0) is 25.7. The van der Waals surface area contributed by atoms with Crippen molar-refractivity contribution >= 4 is 5.91 Å². The smallest absolute Gasteiger partial charge is 0.272 e. The largest absolute Gasteiger partial charge is 0.497 e. The topological polar surface area (TPSA) is 63.5 Å². The van der Waals surface area contributed by atoms with Gasteiger partial charge in [0.05, 0.1) is 12.8 Å². The van der Waals surface area contributed by atoms with Crippen molar-refractivity contribution in [2.45, 2.75) is 59.2 Å². The summed E-state index contributed by atoms with van der Waals surface area (Å²) in [6.07, 6.45) is 4.57. The lowest BCUT2D eigenvalue weighted by atomic mass is 9.84. The lowest BCUT2D eigenvalue weighted by molar-refractivity contribution is 0.0579. The lowest BCUT2D eigenvalue weighted by Gasteiger charge is -2.40. The van der Waals surface area contributed by atoms with E-state index in [4.69, 9.17) is 9.84 Å². The van der Waals surface area contributed by atoms with Crippen LogP contribution in [0.15, 0.2) is 48.7 Å². The molecule has 0 N–H and O–H groups in total. The first-order valence-corrected chi connectivity index (χ1v) is 13.0. The fraction of sp³-hybridized carbons (Fsp3) is 0.483. The van der Waals surface area contributed by atoms with Crippen LogP contribution in [0.4, 0.5) is 0 Å². The Kier molecular flexibility index (Phi) is 8.41. The molecule has 1 aliphatic heterocycles. The average Bonchev–Trinajstić information content (AvgIpc) is 3.19. The molecule has 4 rings (SSSR count). The predicted molar refractivity (Wildman–Crippen MR) is 142 cm³/mol. The van der Waals surface area contributed by atoms with Crippen LogP contribution >= 0.6 is 0 Å². The van der Waals surface area contributed by atoms with Crippen LogP contribution < -0.4 is 4.74 Å². The third kappa shape index (κ3) is 5.78. The number of carbonyl (C=O) groups excluding carboxylic acids is 1. The predicted octanol–water partition coefficient (Wildman–Crippen LogP) is 4.52. The second kappa shape index (κ2) is 11.7. The minimum Gasteiger partial charge on any atom is -0.497 e. The Hall–Kier alpha value is -3.19. The first-order chi connectivity index (χ1) is 17.4. The standard InChI is InChI=1S/C29H39N5O2/c1-6-34-22(3)26(21(2)31-34)20-33-16-13-24(14-17-33)28(19-23-10-9-11-25(18-23)36-5)32(4)29(35)27-12-7-8-15-30-27/h7-12,15,18,24,28H,6,13-14,16-17,19-20H2,1-5H3/t28-/m1/s1. The number of carbonyl (C=O) groups is 1. The van der Waals surface area contributed by atoms with Crippen LogP contribution in [-0.4, -0.2) is 63.8 Å². The summed E-state index contributed by atoms with van der Waals surface area (Å²) < 4.78 is 7.55. The van der Waals surface area contributed by atoms with E-state index in [1.165, 1.54) is 16.8 Å². The number of likely N-dealkylation sites (tertiary alicyclic amines) is 1. The number of hydrogen-bond acceptors (Lipinski definition) is 5. The number of aryl methyl sites for hydroxylation is 2. The molecule has 3 aromatic rings. The van der Waals surface area contributed by atoms with Crippen molar-refractivity contribution in [1.82, 2.24) is 24.6 Å². The molecular formula is C29H39N5O2. The van der Waals surface area contributed by atoms with Gasteiger partial charge in [-0.3, -0.25) is 19.4 Å². The van der Waals surface area contributed by atoms with Gasteiger partial charge >= 0.3 is 0 Å². The monoisotopic (exact) mass is 489 g/mol. The van der Waals surface area contributed by atoms with E-state index in [1.54, 1.807) is 19.4 Å². The number of likely N-dealkylation sites (N-methyl/N-ethyl adjacent to an activating group) is 1. The van der Waals surface area contributed by atoms with Crippen LogP contribution in [0.2, 0.25) is 0 Å². The highest BCUT2D eigenvalue weighted by Crippen LogP contribution is 2.29. The molecule has 0 saturated carbocycles. The van der Waals surface area contributed by atoms with E-state index in [-0.39, 0.29) is 11.9 Å². The average molecular weight is 490 g/mol. The van der Waals surface area contributed by atoms with Gasteiger partial charge < -0.3 is 9.64 Å². The summed E-state index contributed by atoms with van der Waals surface area (Å²) in [5, 5.41) is 4.70. The minimum atomic E-state index is -0.0239. The number of hydrogen-bond donors (Lipinski definition) is 0. The first kappa shape index (κ1) is 25.9. The highest BCUT2D eigenvalue weighted by Gasteiger charge is 2.32. The van der Waals surface area contributed by atoms with Gasteiger partial charge in [0, 0.05) is 43.6 Å². The molecule has 0 spiro atoms. The van der Waals surface area contributed by atoms with Crippen molar-refractivity contribution in [3.05, 3.63) is 76.9 Å². The number of aromatic nitrogens is 3. The molecule has 0 unspecified atom stereocenters. The first-order valence-electron chi connectivity index (χ1n) is 13.0. The number of nitrogens with zero attached hydrogens (tertiary/aromatic N) is 5. The maximum absolute atomic E-state index is 13.4. The van der Waals surface area contributed by atoms with Crippen LogP contribution in [0.1, 0.15) is 52.8 Å². The summed E-state index contributed by atoms with van der Waals surface area (Å²) >= 11 is 0. The Labute approximate surface area is 215 Å². The van der Waals surface area contributed by atoms with Crippen molar-refractivity contribution in [2.75, 3.05) is 27.2 Å². The number of rotatable bonds is 9. The van der Waals surface area contributed by atoms with Gasteiger partial charge in [0.15, 0.2) is 0 Å². The van der Waals surface area contributed by atoms with E-state index in [0.29, 0.717) is 11.6 Å². The van der Waals surface area contributed by atoms with Gasteiger partial charge in [-0.2, -0.15) is 5.10 Å². The Morgan fingerprint density at radius 1 is 1.17 bits per heavy atom. The maximum atomic E-state index is 13.4. The SMILES string of the molecule is CCn1nc(C)c(CN2CCC([C@@H](Cc3cccc(OC)c3)N(C)C(=O)c3ccccn3)CC2)c1C. The van der Waals surface area contributed by atoms with E-state index in [1.807, 2.05) is 36.2 Å². The summed E-state index contributed by atoms with van der Waals surface area (Å²) in [5.41, 5.74) is 5.43. The maximum Gasteiger partial charge on any atom is 0.272 e. The number of ether oxygens (including phenoxy) is 1. The molecule has 7 nitrogen and oxygen atoms in total. The summed E-state index contributed by atoms with van der Waals surface area (Å²) in [6.45, 7) is 10.3. The van der Waals surface area contributed by atoms with Gasteiger partial charge in [-0.25, -0.2) is 0 Å². The van der Waals surface area contributed by atoms with E-state index in [2.05, 4.69) is 47.5 Å². The Balaban J connectivity index is 1.49. The Bertz CT molecular complexity index is 1150. The van der Waals surface area contributed by atoms with Crippen LogP contribution in [0, 0.1) is 19.8 Å². The highest BCUT2D eigenvalue weighted by atomic mass is 16.5. The summed E-state index contributed by atoms with van der Waals surface area (Å²) in [4.78, 5) is 22.1. The van der Waals surface area contributed by atoms with Gasteiger partial charge in [0.25, 0.3) is 5.91 Å². The van der Waals surface area contributed by atoms with E-state index < -0.39 is 0 Å². The van der Waals surface area contributed by atoms with Crippen LogP contribution in [0.3, 0.4) is 0 Å². The fourth-order valence-corrected chi connectivity index (χ4v) is 5.47. The highest BCUT2D eigenvalue weighted by molar-refractivity contribution is 5.92. The summed E-state index contributed by atoms with van der Waals surface area (Å²) in [5.74, 6) is 1.23. The minimum absolute atomic E-state index is 0.0239. The van der Waals surface area contributed by atoms with E-state index in [9.17, 15) is 4.79 Å². The number of amides is 1. The van der Waals surface area contributed by atoms with Gasteiger partial charge in [-0.1, -0.05) is 18.2 Å². The molecule has 3 heterocycles. The lowest BCUT2D eigenvalue weighted by Crippen LogP contribution is -2.47. The normalized spacial score (nSPS) is 15.6. The number of pyridine rings is 1. The fourth-order valence-electron chi connectivity index (χ4n) is 5.47. The molecule has 1 saturated heterocycles. The third-order valence-corrected chi connectivity index (χ3v) is 7.67. The molecule has 1 aliphatic rings. The molecule has 1 fully saturated rings. The molecule has 7 heteroatoms. The van der Waals surface area contributed by atoms with E-state index in [0.717, 1.165) is 56.9 Å². The number of piperidine rings is 1. The van der Waals surface area contributed by atoms with Crippen molar-refractivity contribution in [2.24, 2.45) is 5.92 Å². The zero-order valence-corrected chi connectivity index (χ0v) is 22.3. The molecule has 1 atom stereocenters. The number of methoxy groups -OCH3 is 1. The van der Waals surface area contributed by atoms with Crippen LogP contribution in [0.5, 0.6) is 5.75 Å². The summed E-state index contributed by atoms with van der Waals surface area (Å²) in [6, 6.07) is 13.8. The molecular weight excluding hydrogens is 450 g/mol. The molecule has 0 radical (unpaired) electrons. The third-order valence-electron chi connectivity index (χ3n) is 7.67. The van der Waals surface area contributed by atoms with Crippen LogP contribution in [-0.2, 0) is 19.5 Å². The molecule has 1 amide bonds. The van der Waals surface area contributed by atoms with Crippen molar-refractivity contribution < 1.29 is 9.53 Å². The zero-order valence-electron chi connectivity index (χ0n) is 22.3. The van der Waals surface area contributed by atoms with Gasteiger partial charge in [-0.05, 0) is 88.9 Å². The molecule has 192 valence electrons. The van der Waals surface area contributed by atoms with Crippen LogP contribution in [0.25, 0.3) is 0 Å². The quantitative estimate of drug-likeness (QED) is 0.442. The van der Waals surface area contributed by atoms with E-state index >= 15 is 0 Å². The van der Waals surface area contributed by atoms with Gasteiger partial charge in [0.2, 0.25) is 0 Å². The van der Waals surface area contributed by atoms with Crippen molar-refractivity contribution in [1.29, 1.82) is 0 Å². The molecule has 1 aromatic carbocycles. The Morgan fingerprint density at radius 2 is 1.94 bits per heavy atom. The Morgan fingerprint density at radius 3 is 2.58 bits per heavy atom. The molecule has 0 aliphatic carbocycles. The summed E-state index contributed by atoms with van der Waals surface area (Å²) in [7, 11) is 3.62. The van der Waals surface area contributed by atoms with Gasteiger partial charge in [0.1, 0.15) is 11.4 Å². The molecule has 0 bridgehead atoms. The molecule has 2 aromatic heterocycles. The second-order valence-electron chi connectivity index (χ2n) is 9.83. The van der Waals surface area contributed by atoms with Crippen molar-refractivity contribution in [3.63, 3.8) is 0 Å². The number of benzene rings is 1. The molecule has 36 heavy (non-hydrogen) atoms. The van der Waals surface area contributed by atoms with Gasteiger partial charge in [-0.15, -0.1) is 0 Å². The second-order valence-corrected chi connectivity index (χ2v) is 9.83.